The lowest BCUT2D eigenvalue weighted by Gasteiger charge is -2.20. The summed E-state index contributed by atoms with van der Waals surface area (Å²) >= 11 is 0. The first-order valence-electron chi connectivity index (χ1n) is 10.8. The van der Waals surface area contributed by atoms with E-state index in [0.717, 1.165) is 12.1 Å². The van der Waals surface area contributed by atoms with Crippen molar-refractivity contribution < 1.29 is 42.1 Å². The second-order valence-corrected chi connectivity index (χ2v) is 8.31. The van der Waals surface area contributed by atoms with Crippen LogP contribution in [-0.4, -0.2) is 42.0 Å². The van der Waals surface area contributed by atoms with Gasteiger partial charge in [-0.3, -0.25) is 4.79 Å². The fourth-order valence-corrected chi connectivity index (χ4v) is 4.33. The molecule has 0 amide bonds. The van der Waals surface area contributed by atoms with Gasteiger partial charge in [0.1, 0.15) is 30.7 Å². The van der Waals surface area contributed by atoms with Crippen LogP contribution in [-0.2, 0) is 20.4 Å². The number of carbonyl (C=O) groups excluding carboxylic acids is 2. The Morgan fingerprint density at radius 3 is 2.68 bits per heavy atom. The maximum Gasteiger partial charge on any atom is 0.416 e. The van der Waals surface area contributed by atoms with Gasteiger partial charge in [-0.2, -0.15) is 13.2 Å². The Morgan fingerprint density at radius 1 is 1.18 bits per heavy atom. The first kappa shape index (κ1) is 23.8. The third-order valence-electron chi connectivity index (χ3n) is 5.96. The third-order valence-corrected chi connectivity index (χ3v) is 5.96. The first-order chi connectivity index (χ1) is 16.2. The van der Waals surface area contributed by atoms with Gasteiger partial charge in [0.25, 0.3) is 0 Å². The van der Waals surface area contributed by atoms with Crippen LogP contribution in [0.3, 0.4) is 0 Å². The Balaban J connectivity index is 1.40. The highest BCUT2D eigenvalue weighted by molar-refractivity contribution is 5.89. The predicted molar refractivity (Wildman–Crippen MR) is 114 cm³/mol. The predicted octanol–water partition coefficient (Wildman–Crippen LogP) is 4.18. The zero-order valence-corrected chi connectivity index (χ0v) is 18.0. The molecule has 1 N–H and O–H groups in total. The zero-order valence-electron chi connectivity index (χ0n) is 18.0. The minimum absolute atomic E-state index is 0.0207. The lowest BCUT2D eigenvalue weighted by Crippen LogP contribution is -2.25. The molecule has 0 unspecified atom stereocenters. The van der Waals surface area contributed by atoms with Gasteiger partial charge >= 0.3 is 18.1 Å². The van der Waals surface area contributed by atoms with Crippen LogP contribution in [0.15, 0.2) is 66.7 Å². The summed E-state index contributed by atoms with van der Waals surface area (Å²) in [6.45, 7) is -0.275. The topological polar surface area (TPSA) is 82.1 Å². The molecule has 1 saturated heterocycles. The van der Waals surface area contributed by atoms with Crippen molar-refractivity contribution in [2.45, 2.75) is 37.3 Å². The maximum absolute atomic E-state index is 12.8. The van der Waals surface area contributed by atoms with E-state index < -0.39 is 29.9 Å². The molecule has 9 heteroatoms. The molecule has 2 fully saturated rings. The molecule has 0 radical (unpaired) electrons. The quantitative estimate of drug-likeness (QED) is 0.477. The normalized spacial score (nSPS) is 25.1. The van der Waals surface area contributed by atoms with E-state index in [-0.39, 0.29) is 42.7 Å². The Bertz CT molecular complexity index is 1050. The lowest BCUT2D eigenvalue weighted by molar-refractivity contribution is -0.142. The number of esters is 2. The highest BCUT2D eigenvalue weighted by atomic mass is 19.4. The molecule has 1 aliphatic heterocycles. The van der Waals surface area contributed by atoms with Crippen molar-refractivity contribution >= 4 is 11.9 Å². The highest BCUT2D eigenvalue weighted by Crippen LogP contribution is 2.43. The van der Waals surface area contributed by atoms with Crippen LogP contribution in [0.25, 0.3) is 0 Å². The number of alkyl halides is 3. The summed E-state index contributed by atoms with van der Waals surface area (Å²) in [5.41, 5.74) is -0.449. The second-order valence-electron chi connectivity index (χ2n) is 8.31. The molecule has 1 heterocycles. The molecule has 5 atom stereocenters. The summed E-state index contributed by atoms with van der Waals surface area (Å²) in [5, 5.41) is 10.3. The van der Waals surface area contributed by atoms with Gasteiger partial charge in [0, 0.05) is 18.3 Å². The van der Waals surface area contributed by atoms with E-state index in [0.29, 0.717) is 12.0 Å². The lowest BCUT2D eigenvalue weighted by atomic mass is 9.91. The molecule has 0 spiro atoms. The molecule has 0 aromatic heterocycles. The number of carbonyl (C=O) groups is 2. The molecule has 1 aliphatic carbocycles. The van der Waals surface area contributed by atoms with Crippen molar-refractivity contribution in [2.75, 3.05) is 6.61 Å². The van der Waals surface area contributed by atoms with E-state index in [2.05, 4.69) is 0 Å². The number of benzene rings is 2. The number of hydrogen-bond donors (Lipinski definition) is 1. The molecule has 2 aromatic carbocycles. The summed E-state index contributed by atoms with van der Waals surface area (Å²) in [6.07, 6.45) is -2.93. The van der Waals surface area contributed by atoms with Gasteiger partial charge < -0.3 is 19.3 Å². The number of ether oxygens (including phenoxy) is 3. The van der Waals surface area contributed by atoms with E-state index in [1.54, 1.807) is 36.4 Å². The van der Waals surface area contributed by atoms with Gasteiger partial charge in [-0.25, -0.2) is 4.79 Å². The van der Waals surface area contributed by atoms with Crippen LogP contribution < -0.4 is 4.74 Å². The van der Waals surface area contributed by atoms with E-state index in [4.69, 9.17) is 14.2 Å². The van der Waals surface area contributed by atoms with Gasteiger partial charge in [0.15, 0.2) is 0 Å². The number of rotatable bonds is 7. The molecule has 2 aromatic rings. The van der Waals surface area contributed by atoms with Crippen molar-refractivity contribution in [3.8, 4) is 5.75 Å². The standard InChI is InChI=1S/C25H23F3O6/c26-25(27,28)16-7-4-8-18(11-16)32-14-17(29)9-10-19-20-12-23(30)33-22(20)13-21(19)34-24(31)15-5-2-1-3-6-15/h1-11,17,19-22,29H,12-14H2/t17-,19+,20+,21+,22-/m0/s1. The highest BCUT2D eigenvalue weighted by Gasteiger charge is 2.50. The van der Waals surface area contributed by atoms with Gasteiger partial charge in [-0.1, -0.05) is 36.4 Å². The molecule has 4 rings (SSSR count). The number of hydrogen-bond acceptors (Lipinski definition) is 6. The maximum atomic E-state index is 12.8. The van der Waals surface area contributed by atoms with Crippen LogP contribution in [0.4, 0.5) is 13.2 Å². The summed E-state index contributed by atoms with van der Waals surface area (Å²) in [6, 6.07) is 12.9. The van der Waals surface area contributed by atoms with Crippen LogP contribution in [0.5, 0.6) is 5.75 Å². The minimum atomic E-state index is -4.50. The largest absolute Gasteiger partial charge is 0.491 e. The number of fused-ring (bicyclic) bond motifs is 1. The SMILES string of the molecule is O=C1C[C@@H]2[C@@H](C=C[C@H](O)COc3cccc(C(F)(F)F)c3)[C@H](OC(=O)c3ccccc3)C[C@@H]2O1. The van der Waals surface area contributed by atoms with Gasteiger partial charge in [0.2, 0.25) is 0 Å². The molecule has 0 bridgehead atoms. The Morgan fingerprint density at radius 2 is 1.94 bits per heavy atom. The number of aliphatic hydroxyl groups is 1. The van der Waals surface area contributed by atoms with Gasteiger partial charge in [-0.05, 0) is 30.3 Å². The fraction of sp³-hybridized carbons (Fsp3) is 0.360. The average Bonchev–Trinajstić information content (AvgIpc) is 3.31. The summed E-state index contributed by atoms with van der Waals surface area (Å²) < 4.78 is 54.9. The van der Waals surface area contributed by atoms with Crippen molar-refractivity contribution in [3.63, 3.8) is 0 Å². The average molecular weight is 476 g/mol. The Labute approximate surface area is 193 Å². The van der Waals surface area contributed by atoms with E-state index >= 15 is 0 Å². The van der Waals surface area contributed by atoms with Crippen molar-refractivity contribution in [1.29, 1.82) is 0 Å². The van der Waals surface area contributed by atoms with Crippen LogP contribution in [0, 0.1) is 11.8 Å². The molecular weight excluding hydrogens is 453 g/mol. The molecule has 6 nitrogen and oxygen atoms in total. The molecule has 34 heavy (non-hydrogen) atoms. The summed E-state index contributed by atoms with van der Waals surface area (Å²) in [7, 11) is 0. The van der Waals surface area contributed by atoms with Gasteiger partial charge in [-0.15, -0.1) is 0 Å². The molecular formula is C25H23F3O6. The van der Waals surface area contributed by atoms with Crippen LogP contribution in [0.2, 0.25) is 0 Å². The number of halogens is 3. The van der Waals surface area contributed by atoms with Crippen molar-refractivity contribution in [2.24, 2.45) is 11.8 Å². The second kappa shape index (κ2) is 9.89. The minimum Gasteiger partial charge on any atom is -0.491 e. The molecule has 2 aliphatic rings. The van der Waals surface area contributed by atoms with E-state index in [1.165, 1.54) is 18.2 Å². The first-order valence-corrected chi connectivity index (χ1v) is 10.8. The number of aliphatic hydroxyl groups excluding tert-OH is 1. The zero-order chi connectivity index (χ0) is 24.3. The van der Waals surface area contributed by atoms with Crippen LogP contribution in [0.1, 0.15) is 28.8 Å². The van der Waals surface area contributed by atoms with Crippen molar-refractivity contribution in [3.05, 3.63) is 77.9 Å². The van der Waals surface area contributed by atoms with Gasteiger partial charge in [0.05, 0.1) is 17.5 Å². The monoisotopic (exact) mass is 476 g/mol. The van der Waals surface area contributed by atoms with E-state index in [9.17, 15) is 27.9 Å². The Kier molecular flexibility index (Phi) is 6.92. The van der Waals surface area contributed by atoms with E-state index in [1.807, 2.05) is 0 Å². The summed E-state index contributed by atoms with van der Waals surface area (Å²) in [4.78, 5) is 24.3. The Hall–Kier alpha value is -3.33. The smallest absolute Gasteiger partial charge is 0.416 e. The van der Waals surface area contributed by atoms with Crippen molar-refractivity contribution in [1.82, 2.24) is 0 Å². The third kappa shape index (κ3) is 5.59. The molecule has 180 valence electrons. The fourth-order valence-electron chi connectivity index (χ4n) is 4.33. The van der Waals surface area contributed by atoms with Crippen LogP contribution >= 0.6 is 0 Å². The molecule has 1 saturated carbocycles. The summed E-state index contributed by atoms with van der Waals surface area (Å²) in [5.74, 6) is -1.41.